The number of hydrogen-bond donors (Lipinski definition) is 1. The minimum atomic E-state index is 0. The molecule has 0 unspecified atom stereocenters. The van der Waals surface area contributed by atoms with E-state index >= 15 is 0 Å². The van der Waals surface area contributed by atoms with E-state index < -0.39 is 0 Å². The van der Waals surface area contributed by atoms with Crippen molar-refractivity contribution in [2.24, 2.45) is 4.99 Å². The molecule has 0 spiro atoms. The van der Waals surface area contributed by atoms with Gasteiger partial charge in [-0.3, -0.25) is 9.89 Å². The van der Waals surface area contributed by atoms with Gasteiger partial charge in [0.25, 0.3) is 0 Å². The highest BCUT2D eigenvalue weighted by Crippen LogP contribution is 2.50. The van der Waals surface area contributed by atoms with Gasteiger partial charge >= 0.3 is 0 Å². The number of aliphatic imine (C=N–C) groups is 1. The van der Waals surface area contributed by atoms with Crippen LogP contribution in [0.5, 0.6) is 0 Å². The molecule has 1 aliphatic heterocycles. The number of hydrogen-bond acceptors (Lipinski definition) is 4. The number of halogens is 2. The summed E-state index contributed by atoms with van der Waals surface area (Å²) in [6, 6.07) is 10.5. The fourth-order valence-corrected chi connectivity index (χ4v) is 4.58. The lowest BCUT2D eigenvalue weighted by Gasteiger charge is -2.36. The lowest BCUT2D eigenvalue weighted by molar-refractivity contribution is 0.169. The smallest absolute Gasteiger partial charge is 0.194 e. The quantitative estimate of drug-likeness (QED) is 0.323. The summed E-state index contributed by atoms with van der Waals surface area (Å²) in [6.45, 7) is 8.69. The summed E-state index contributed by atoms with van der Waals surface area (Å²) in [5, 5.41) is 7.52. The van der Waals surface area contributed by atoms with E-state index in [1.807, 2.05) is 6.07 Å². The number of rotatable bonds is 6. The summed E-state index contributed by atoms with van der Waals surface area (Å²) < 4.78 is 6.15. The SMILES string of the molecule is CCNC(=NCC1(c2ccccc2Br)CC1)N1CCN(Cc2ccon2)CC1.I. The summed E-state index contributed by atoms with van der Waals surface area (Å²) in [7, 11) is 0. The molecule has 0 amide bonds. The molecule has 2 aliphatic rings. The molecule has 1 aliphatic carbocycles. The molecule has 1 aromatic carbocycles. The first-order valence-corrected chi connectivity index (χ1v) is 10.9. The van der Waals surface area contributed by atoms with E-state index in [4.69, 9.17) is 9.52 Å². The van der Waals surface area contributed by atoms with Crippen LogP contribution in [-0.4, -0.2) is 60.2 Å². The molecule has 1 aromatic heterocycles. The average Bonchev–Trinajstić information content (AvgIpc) is 3.32. The van der Waals surface area contributed by atoms with Gasteiger partial charge in [0, 0.05) is 55.2 Å². The zero-order valence-electron chi connectivity index (χ0n) is 16.8. The number of guanidine groups is 1. The second-order valence-corrected chi connectivity index (χ2v) is 8.54. The largest absolute Gasteiger partial charge is 0.364 e. The van der Waals surface area contributed by atoms with Gasteiger partial charge in [-0.25, -0.2) is 0 Å². The van der Waals surface area contributed by atoms with Gasteiger partial charge in [-0.15, -0.1) is 24.0 Å². The number of nitrogens with one attached hydrogen (secondary N) is 1. The molecule has 1 saturated carbocycles. The molecule has 1 saturated heterocycles. The number of nitrogens with zero attached hydrogens (tertiary/aromatic N) is 4. The van der Waals surface area contributed by atoms with E-state index in [2.05, 4.69) is 67.4 Å². The van der Waals surface area contributed by atoms with E-state index in [9.17, 15) is 0 Å². The van der Waals surface area contributed by atoms with Crippen molar-refractivity contribution < 1.29 is 4.52 Å². The Morgan fingerprint density at radius 2 is 1.97 bits per heavy atom. The van der Waals surface area contributed by atoms with Crippen LogP contribution >= 0.6 is 39.9 Å². The van der Waals surface area contributed by atoms with Crippen molar-refractivity contribution in [1.29, 1.82) is 0 Å². The Balaban J connectivity index is 0.00000240. The van der Waals surface area contributed by atoms with Gasteiger partial charge in [0.05, 0.1) is 12.2 Å². The number of aromatic nitrogens is 1. The van der Waals surface area contributed by atoms with E-state index in [0.29, 0.717) is 0 Å². The molecule has 2 aromatic rings. The maximum absolute atomic E-state index is 5.05. The van der Waals surface area contributed by atoms with Crippen LogP contribution in [-0.2, 0) is 12.0 Å². The summed E-state index contributed by atoms with van der Waals surface area (Å²) in [4.78, 5) is 9.86. The van der Waals surface area contributed by atoms with Crippen molar-refractivity contribution in [3.63, 3.8) is 0 Å². The van der Waals surface area contributed by atoms with Crippen molar-refractivity contribution in [3.05, 3.63) is 52.3 Å². The molecule has 2 heterocycles. The molecule has 1 N–H and O–H groups in total. The van der Waals surface area contributed by atoms with Gasteiger partial charge in [-0.1, -0.05) is 39.3 Å². The minimum Gasteiger partial charge on any atom is -0.364 e. The van der Waals surface area contributed by atoms with Crippen LogP contribution in [0.3, 0.4) is 0 Å². The average molecular weight is 574 g/mol. The van der Waals surface area contributed by atoms with Crippen molar-refractivity contribution in [1.82, 2.24) is 20.3 Å². The van der Waals surface area contributed by atoms with Crippen LogP contribution in [0, 0.1) is 0 Å². The fraction of sp³-hybridized carbons (Fsp3) is 0.524. The molecule has 0 radical (unpaired) electrons. The maximum atomic E-state index is 5.05. The normalized spacial score (nSPS) is 19.0. The van der Waals surface area contributed by atoms with Crippen molar-refractivity contribution in [2.75, 3.05) is 39.3 Å². The van der Waals surface area contributed by atoms with Gasteiger partial charge in [0.2, 0.25) is 0 Å². The van der Waals surface area contributed by atoms with Crippen LogP contribution in [0.4, 0.5) is 0 Å². The first kappa shape index (κ1) is 22.6. The molecule has 4 rings (SSSR count). The van der Waals surface area contributed by atoms with Crippen LogP contribution in [0.25, 0.3) is 0 Å². The Morgan fingerprint density at radius 1 is 1.21 bits per heavy atom. The summed E-state index contributed by atoms with van der Waals surface area (Å²) in [5.41, 5.74) is 2.60. The van der Waals surface area contributed by atoms with Gasteiger partial charge in [-0.05, 0) is 31.4 Å². The third-order valence-electron chi connectivity index (χ3n) is 5.71. The zero-order valence-corrected chi connectivity index (χ0v) is 20.7. The topological polar surface area (TPSA) is 56.9 Å². The van der Waals surface area contributed by atoms with Gasteiger partial charge in [-0.2, -0.15) is 0 Å². The third kappa shape index (κ3) is 5.52. The lowest BCUT2D eigenvalue weighted by atomic mass is 9.96. The number of benzene rings is 1. The Hall–Kier alpha value is -1.13. The fourth-order valence-electron chi connectivity index (χ4n) is 3.87. The minimum absolute atomic E-state index is 0. The molecule has 29 heavy (non-hydrogen) atoms. The van der Waals surface area contributed by atoms with Crippen LogP contribution in [0.2, 0.25) is 0 Å². The molecule has 158 valence electrons. The summed E-state index contributed by atoms with van der Waals surface area (Å²) in [5.74, 6) is 1.04. The molecule has 8 heteroatoms. The highest BCUT2D eigenvalue weighted by Gasteiger charge is 2.45. The Labute approximate surface area is 198 Å². The van der Waals surface area contributed by atoms with E-state index in [-0.39, 0.29) is 29.4 Å². The van der Waals surface area contributed by atoms with Crippen molar-refractivity contribution in [3.8, 4) is 0 Å². The highest BCUT2D eigenvalue weighted by molar-refractivity contribution is 14.0. The van der Waals surface area contributed by atoms with E-state index in [1.165, 1.54) is 22.9 Å². The first-order chi connectivity index (χ1) is 13.7. The lowest BCUT2D eigenvalue weighted by Crippen LogP contribution is -2.52. The van der Waals surface area contributed by atoms with Crippen molar-refractivity contribution >= 4 is 45.9 Å². The molecule has 2 fully saturated rings. The molecular formula is C21H29BrIN5O. The van der Waals surface area contributed by atoms with Crippen molar-refractivity contribution in [2.45, 2.75) is 31.7 Å². The molecule has 6 nitrogen and oxygen atoms in total. The van der Waals surface area contributed by atoms with Gasteiger partial charge in [0.1, 0.15) is 6.26 Å². The molecular weight excluding hydrogens is 545 g/mol. The third-order valence-corrected chi connectivity index (χ3v) is 6.41. The Bertz CT molecular complexity index is 801. The van der Waals surface area contributed by atoms with Crippen LogP contribution in [0.15, 0.2) is 50.6 Å². The van der Waals surface area contributed by atoms with Crippen LogP contribution < -0.4 is 5.32 Å². The predicted molar refractivity (Wildman–Crippen MR) is 130 cm³/mol. The highest BCUT2D eigenvalue weighted by atomic mass is 127. The summed E-state index contributed by atoms with van der Waals surface area (Å²) >= 11 is 3.73. The van der Waals surface area contributed by atoms with Crippen LogP contribution in [0.1, 0.15) is 31.0 Å². The Kier molecular flexibility index (Phi) is 7.98. The number of piperazine rings is 1. The van der Waals surface area contributed by atoms with E-state index in [1.54, 1.807) is 6.26 Å². The maximum Gasteiger partial charge on any atom is 0.194 e. The first-order valence-electron chi connectivity index (χ1n) is 10.1. The second kappa shape index (κ2) is 10.3. The monoisotopic (exact) mass is 573 g/mol. The zero-order chi connectivity index (χ0) is 19.4. The predicted octanol–water partition coefficient (Wildman–Crippen LogP) is 3.87. The van der Waals surface area contributed by atoms with Gasteiger partial charge < -0.3 is 14.7 Å². The standard InChI is InChI=1S/C21H28BrN5O.HI/c1-2-23-20(24-16-21(8-9-21)18-5-3-4-6-19(18)22)27-12-10-26(11-13-27)15-17-7-14-28-25-17;/h3-7,14H,2,8-13,15-16H2,1H3,(H,23,24);1H. The van der Waals surface area contributed by atoms with Gasteiger partial charge in [0.15, 0.2) is 5.96 Å². The second-order valence-electron chi connectivity index (χ2n) is 7.68. The Morgan fingerprint density at radius 3 is 2.59 bits per heavy atom. The van der Waals surface area contributed by atoms with E-state index in [0.717, 1.165) is 57.5 Å². The summed E-state index contributed by atoms with van der Waals surface area (Å²) in [6.07, 6.45) is 4.06. The molecule has 0 atom stereocenters. The molecule has 0 bridgehead atoms.